The third-order valence-corrected chi connectivity index (χ3v) is 4.75. The fourth-order valence-electron chi connectivity index (χ4n) is 3.30. The van der Waals surface area contributed by atoms with Crippen molar-refractivity contribution in [1.82, 2.24) is 4.90 Å². The van der Waals surface area contributed by atoms with E-state index >= 15 is 0 Å². The Kier molecular flexibility index (Phi) is 5.74. The van der Waals surface area contributed by atoms with Crippen molar-refractivity contribution in [3.05, 3.63) is 77.9 Å². The van der Waals surface area contributed by atoms with Gasteiger partial charge >= 0.3 is 6.18 Å². The second-order valence-corrected chi connectivity index (χ2v) is 6.75. The number of carbonyl (C=O) groups excluding carboxylic acids is 2. The largest absolute Gasteiger partial charge is 0.416 e. The van der Waals surface area contributed by atoms with E-state index < -0.39 is 23.9 Å². The van der Waals surface area contributed by atoms with Crippen LogP contribution in [0.25, 0.3) is 0 Å². The van der Waals surface area contributed by atoms with E-state index in [1.165, 1.54) is 29.2 Å². The van der Waals surface area contributed by atoms with Gasteiger partial charge in [-0.05, 0) is 54.5 Å². The van der Waals surface area contributed by atoms with Crippen LogP contribution in [0, 0.1) is 0 Å². The maximum Gasteiger partial charge on any atom is 0.416 e. The average molecular weight is 404 g/mol. The van der Waals surface area contributed by atoms with Gasteiger partial charge in [0, 0.05) is 17.8 Å². The highest BCUT2D eigenvalue weighted by atomic mass is 19.4. The average Bonchev–Trinajstić information content (AvgIpc) is 3.09. The highest BCUT2D eigenvalue weighted by molar-refractivity contribution is 5.99. The van der Waals surface area contributed by atoms with Crippen LogP contribution >= 0.6 is 0 Å². The van der Waals surface area contributed by atoms with Gasteiger partial charge in [0.05, 0.1) is 17.7 Å². The molecular formula is C21H19F3N2O3. The van der Waals surface area contributed by atoms with Crippen LogP contribution in [0.4, 0.5) is 18.9 Å². The maximum absolute atomic E-state index is 12.9. The summed E-state index contributed by atoms with van der Waals surface area (Å²) in [5.74, 6) is -0.734. The van der Waals surface area contributed by atoms with Crippen molar-refractivity contribution < 1.29 is 27.9 Å². The highest BCUT2D eigenvalue weighted by Gasteiger charge is 2.36. The Morgan fingerprint density at radius 1 is 1.10 bits per heavy atom. The molecule has 1 aliphatic heterocycles. The molecule has 0 bridgehead atoms. The number of β-amino-alcohol motifs (C(OH)–C–C–N with tert-alkyl or cyclic N) is 1. The normalized spacial score (nSPS) is 19.1. The Hall–Kier alpha value is -3.13. The number of hydrogen-bond donors (Lipinski definition) is 2. The third kappa shape index (κ3) is 4.65. The van der Waals surface area contributed by atoms with Gasteiger partial charge in [-0.3, -0.25) is 9.59 Å². The van der Waals surface area contributed by atoms with Gasteiger partial charge in [-0.1, -0.05) is 18.7 Å². The predicted octanol–water partition coefficient (Wildman–Crippen LogP) is 3.78. The van der Waals surface area contributed by atoms with Crippen molar-refractivity contribution in [3.63, 3.8) is 0 Å². The molecule has 2 atom stereocenters. The van der Waals surface area contributed by atoms with Gasteiger partial charge in [-0.25, -0.2) is 0 Å². The molecule has 5 nitrogen and oxygen atoms in total. The number of aliphatic hydroxyl groups excluding tert-OH is 1. The zero-order valence-electron chi connectivity index (χ0n) is 15.3. The second kappa shape index (κ2) is 8.08. The summed E-state index contributed by atoms with van der Waals surface area (Å²) in [6, 6.07) is 10.3. The van der Waals surface area contributed by atoms with E-state index in [1.807, 2.05) is 0 Å². The predicted molar refractivity (Wildman–Crippen MR) is 101 cm³/mol. The molecule has 1 aliphatic rings. The van der Waals surface area contributed by atoms with Crippen molar-refractivity contribution in [1.29, 1.82) is 0 Å². The molecule has 0 unspecified atom stereocenters. The molecule has 1 heterocycles. The number of alkyl halides is 3. The number of halogens is 3. The van der Waals surface area contributed by atoms with Gasteiger partial charge in [-0.15, -0.1) is 0 Å². The number of nitrogens with one attached hydrogen (secondary N) is 1. The van der Waals surface area contributed by atoms with E-state index in [4.69, 9.17) is 0 Å². The first-order valence-electron chi connectivity index (χ1n) is 8.88. The molecule has 0 aliphatic carbocycles. The zero-order chi connectivity index (χ0) is 21.2. The minimum atomic E-state index is -4.44. The SMILES string of the molecule is C=CC(=O)Nc1ccc(C(=O)N2C[C@H](O)C[C@H]2c2ccc(C(F)(F)F)cc2)cc1. The summed E-state index contributed by atoms with van der Waals surface area (Å²) in [5, 5.41) is 12.6. The molecule has 0 radical (unpaired) electrons. The van der Waals surface area contributed by atoms with Crippen LogP contribution in [-0.4, -0.2) is 34.5 Å². The monoisotopic (exact) mass is 404 g/mol. The fraction of sp³-hybridized carbons (Fsp3) is 0.238. The number of nitrogens with zero attached hydrogens (tertiary/aromatic N) is 1. The van der Waals surface area contributed by atoms with Gasteiger partial charge in [-0.2, -0.15) is 13.2 Å². The van der Waals surface area contributed by atoms with E-state index in [1.54, 1.807) is 12.1 Å². The molecular weight excluding hydrogens is 385 g/mol. The first-order valence-corrected chi connectivity index (χ1v) is 8.88. The zero-order valence-corrected chi connectivity index (χ0v) is 15.3. The van der Waals surface area contributed by atoms with Gasteiger partial charge in [0.1, 0.15) is 0 Å². The van der Waals surface area contributed by atoms with Crippen LogP contribution in [-0.2, 0) is 11.0 Å². The van der Waals surface area contributed by atoms with Gasteiger partial charge in [0.15, 0.2) is 0 Å². The molecule has 2 N–H and O–H groups in total. The van der Waals surface area contributed by atoms with Crippen molar-refractivity contribution in [3.8, 4) is 0 Å². The van der Waals surface area contributed by atoms with Crippen molar-refractivity contribution in [2.45, 2.75) is 24.7 Å². The Morgan fingerprint density at radius 2 is 1.72 bits per heavy atom. The van der Waals surface area contributed by atoms with Crippen molar-refractivity contribution in [2.75, 3.05) is 11.9 Å². The Balaban J connectivity index is 1.80. The third-order valence-electron chi connectivity index (χ3n) is 4.75. The number of hydrogen-bond acceptors (Lipinski definition) is 3. The smallest absolute Gasteiger partial charge is 0.391 e. The molecule has 3 rings (SSSR count). The van der Waals surface area contributed by atoms with Crippen molar-refractivity contribution >= 4 is 17.5 Å². The van der Waals surface area contributed by atoms with Crippen LogP contribution in [0.5, 0.6) is 0 Å². The van der Waals surface area contributed by atoms with Crippen LogP contribution in [0.15, 0.2) is 61.2 Å². The first kappa shape index (κ1) is 20.6. The summed E-state index contributed by atoms with van der Waals surface area (Å²) in [6.07, 6.45) is -3.84. The van der Waals surface area contributed by atoms with E-state index in [9.17, 15) is 27.9 Å². The second-order valence-electron chi connectivity index (χ2n) is 6.75. The number of rotatable bonds is 4. The Bertz CT molecular complexity index is 908. The lowest BCUT2D eigenvalue weighted by Gasteiger charge is -2.25. The molecule has 1 fully saturated rings. The molecule has 29 heavy (non-hydrogen) atoms. The summed E-state index contributed by atoms with van der Waals surface area (Å²) < 4.78 is 38.4. The molecule has 2 aromatic rings. The summed E-state index contributed by atoms with van der Waals surface area (Å²) in [4.78, 5) is 25.7. The molecule has 2 amide bonds. The highest BCUT2D eigenvalue weighted by Crippen LogP contribution is 2.36. The maximum atomic E-state index is 12.9. The van der Waals surface area contributed by atoms with Gasteiger partial charge in [0.25, 0.3) is 5.91 Å². The summed E-state index contributed by atoms with van der Waals surface area (Å²) in [6.45, 7) is 3.44. The summed E-state index contributed by atoms with van der Waals surface area (Å²) in [7, 11) is 0. The molecule has 0 aromatic heterocycles. The molecule has 0 spiro atoms. The number of anilines is 1. The van der Waals surface area contributed by atoms with E-state index in [0.29, 0.717) is 16.8 Å². The molecule has 152 valence electrons. The minimum Gasteiger partial charge on any atom is -0.391 e. The van der Waals surface area contributed by atoms with Gasteiger partial charge in [0.2, 0.25) is 5.91 Å². The summed E-state index contributed by atoms with van der Waals surface area (Å²) >= 11 is 0. The first-order chi connectivity index (χ1) is 13.7. The lowest BCUT2D eigenvalue weighted by atomic mass is 10.0. The van der Waals surface area contributed by atoms with Crippen LogP contribution in [0.3, 0.4) is 0 Å². The van der Waals surface area contributed by atoms with Crippen LogP contribution in [0.2, 0.25) is 0 Å². The molecule has 0 saturated carbocycles. The van der Waals surface area contributed by atoms with Gasteiger partial charge < -0.3 is 15.3 Å². The number of likely N-dealkylation sites (tertiary alicyclic amines) is 1. The lowest BCUT2D eigenvalue weighted by Crippen LogP contribution is -2.31. The van der Waals surface area contributed by atoms with Crippen molar-refractivity contribution in [2.24, 2.45) is 0 Å². The minimum absolute atomic E-state index is 0.0828. The molecule has 1 saturated heterocycles. The van der Waals surface area contributed by atoms with E-state index in [2.05, 4.69) is 11.9 Å². The van der Waals surface area contributed by atoms with E-state index in [0.717, 1.165) is 18.2 Å². The standard InChI is InChI=1S/C21H19F3N2O3/c1-2-19(28)25-16-9-5-14(6-10-16)20(29)26-12-17(27)11-18(26)13-3-7-15(8-4-13)21(22,23)24/h2-10,17-18,27H,1,11-12H2,(H,25,28)/t17-,18+/m1/s1. The molecule has 8 heteroatoms. The Labute approximate surface area is 165 Å². The Morgan fingerprint density at radius 3 is 2.28 bits per heavy atom. The summed E-state index contributed by atoms with van der Waals surface area (Å²) in [5.41, 5.74) is 0.590. The number of benzene rings is 2. The number of carbonyl (C=O) groups is 2. The number of aliphatic hydroxyl groups is 1. The van der Waals surface area contributed by atoms with E-state index in [-0.39, 0.29) is 24.8 Å². The van der Waals surface area contributed by atoms with Crippen LogP contribution in [0.1, 0.15) is 33.9 Å². The fourth-order valence-corrected chi connectivity index (χ4v) is 3.30. The quantitative estimate of drug-likeness (QED) is 0.762. The van der Waals surface area contributed by atoms with Crippen LogP contribution < -0.4 is 5.32 Å². The molecule has 2 aromatic carbocycles. The topological polar surface area (TPSA) is 69.6 Å². The number of amides is 2. The lowest BCUT2D eigenvalue weighted by molar-refractivity contribution is -0.137.